The summed E-state index contributed by atoms with van der Waals surface area (Å²) >= 11 is 0. The largest absolute Gasteiger partial charge is 0.346 e. The first-order valence-corrected chi connectivity index (χ1v) is 11.0. The van der Waals surface area contributed by atoms with E-state index in [2.05, 4.69) is 26.9 Å². The maximum Gasteiger partial charge on any atom is 0.274 e. The van der Waals surface area contributed by atoms with Gasteiger partial charge < -0.3 is 10.2 Å². The third-order valence-electron chi connectivity index (χ3n) is 6.55. The van der Waals surface area contributed by atoms with E-state index >= 15 is 0 Å². The normalized spacial score (nSPS) is 22.1. The van der Waals surface area contributed by atoms with Gasteiger partial charge in [-0.25, -0.2) is 18.3 Å². The van der Waals surface area contributed by atoms with E-state index in [1.54, 1.807) is 23.0 Å². The molecule has 1 aliphatic carbocycles. The van der Waals surface area contributed by atoms with E-state index in [1.807, 2.05) is 19.1 Å². The van der Waals surface area contributed by atoms with Crippen molar-refractivity contribution in [3.05, 3.63) is 84.0 Å². The van der Waals surface area contributed by atoms with Gasteiger partial charge in [0.15, 0.2) is 5.65 Å². The summed E-state index contributed by atoms with van der Waals surface area (Å²) in [5.41, 5.74) is 1.93. The first-order valence-electron chi connectivity index (χ1n) is 11.0. The fourth-order valence-corrected chi connectivity index (χ4v) is 4.71. The summed E-state index contributed by atoms with van der Waals surface area (Å²) in [4.78, 5) is 23.6. The minimum atomic E-state index is -0.570. The summed E-state index contributed by atoms with van der Waals surface area (Å²) in [5.74, 6) is -0.457. The smallest absolute Gasteiger partial charge is 0.274 e. The van der Waals surface area contributed by atoms with Crippen molar-refractivity contribution in [3.8, 4) is 0 Å². The zero-order chi connectivity index (χ0) is 24.0. The van der Waals surface area contributed by atoms with Gasteiger partial charge in [0, 0.05) is 24.5 Å². The standard InChI is InChI=1S/C25H24F2N6O/c1-15-4-7-20(28-13-15)24(34)30-21-14-29-33-11-9-22(31-23(21)33)32-10-8-18-12-25(18,32)17(3)19(27)6-5-16(2)26/h4-7,9,11,13-14,18H,3,8,10,12H2,1-2H3,(H,30,34)/b16-5+,19-6+/t18-,25-/m0/s1. The second-order valence-corrected chi connectivity index (χ2v) is 8.80. The number of carbonyl (C=O) groups excluding carboxylic acids is 1. The zero-order valence-corrected chi connectivity index (χ0v) is 18.9. The molecule has 0 radical (unpaired) electrons. The van der Waals surface area contributed by atoms with E-state index in [0.717, 1.165) is 30.6 Å². The molecular weight excluding hydrogens is 438 g/mol. The van der Waals surface area contributed by atoms with Gasteiger partial charge >= 0.3 is 0 Å². The monoisotopic (exact) mass is 462 g/mol. The average molecular weight is 463 g/mol. The molecular formula is C25H24F2N6O. The predicted molar refractivity (Wildman–Crippen MR) is 126 cm³/mol. The number of aromatic nitrogens is 4. The molecule has 1 aliphatic heterocycles. The fourth-order valence-electron chi connectivity index (χ4n) is 4.71. The van der Waals surface area contributed by atoms with Crippen molar-refractivity contribution in [2.45, 2.75) is 32.2 Å². The van der Waals surface area contributed by atoms with Crippen LogP contribution in [-0.4, -0.2) is 37.6 Å². The molecule has 2 aliphatic rings. The van der Waals surface area contributed by atoms with Crippen LogP contribution < -0.4 is 10.2 Å². The number of aryl methyl sites for hydroxylation is 1. The van der Waals surface area contributed by atoms with Crippen LogP contribution in [0, 0.1) is 12.8 Å². The van der Waals surface area contributed by atoms with E-state index in [9.17, 15) is 13.6 Å². The van der Waals surface area contributed by atoms with E-state index < -0.39 is 17.2 Å². The molecule has 1 amide bonds. The van der Waals surface area contributed by atoms with Crippen LogP contribution in [-0.2, 0) is 0 Å². The highest BCUT2D eigenvalue weighted by molar-refractivity contribution is 6.04. The van der Waals surface area contributed by atoms with Crippen LogP contribution in [0.3, 0.4) is 0 Å². The van der Waals surface area contributed by atoms with E-state index in [1.165, 1.54) is 13.1 Å². The number of halogens is 2. The van der Waals surface area contributed by atoms with Crippen molar-refractivity contribution in [3.63, 3.8) is 0 Å². The van der Waals surface area contributed by atoms with Crippen molar-refractivity contribution in [1.82, 2.24) is 19.6 Å². The topological polar surface area (TPSA) is 75.4 Å². The summed E-state index contributed by atoms with van der Waals surface area (Å²) in [6, 6.07) is 5.29. The fraction of sp³-hybridized carbons (Fsp3) is 0.280. The highest BCUT2D eigenvalue weighted by Crippen LogP contribution is 2.61. The molecule has 0 aromatic carbocycles. The Hall–Kier alpha value is -3.88. The second-order valence-electron chi connectivity index (χ2n) is 8.80. The van der Waals surface area contributed by atoms with Crippen LogP contribution >= 0.6 is 0 Å². The van der Waals surface area contributed by atoms with Gasteiger partial charge in [0.25, 0.3) is 5.91 Å². The number of allylic oxidation sites excluding steroid dienone is 3. The van der Waals surface area contributed by atoms with E-state index in [-0.39, 0.29) is 17.5 Å². The minimum Gasteiger partial charge on any atom is -0.346 e. The number of hydrogen-bond donors (Lipinski definition) is 1. The Kier molecular flexibility index (Phi) is 5.27. The maximum atomic E-state index is 14.8. The lowest BCUT2D eigenvalue weighted by Crippen LogP contribution is -2.37. The number of amides is 1. The average Bonchev–Trinajstić information content (AvgIpc) is 3.23. The molecule has 2 fully saturated rings. The molecule has 9 heteroatoms. The lowest BCUT2D eigenvalue weighted by atomic mass is 10.0. The summed E-state index contributed by atoms with van der Waals surface area (Å²) in [7, 11) is 0. The number of anilines is 2. The van der Waals surface area contributed by atoms with Crippen molar-refractivity contribution >= 4 is 23.1 Å². The molecule has 7 nitrogen and oxygen atoms in total. The molecule has 1 saturated carbocycles. The molecule has 4 heterocycles. The summed E-state index contributed by atoms with van der Waals surface area (Å²) in [6.45, 7) is 7.87. The molecule has 1 saturated heterocycles. The second kappa shape index (κ2) is 8.16. The van der Waals surface area contributed by atoms with Crippen LogP contribution in [0.15, 0.2) is 72.7 Å². The van der Waals surface area contributed by atoms with Gasteiger partial charge in [-0.15, -0.1) is 0 Å². The van der Waals surface area contributed by atoms with Crippen LogP contribution in [0.4, 0.5) is 20.3 Å². The number of nitrogens with zero attached hydrogens (tertiary/aromatic N) is 5. The minimum absolute atomic E-state index is 0.268. The summed E-state index contributed by atoms with van der Waals surface area (Å²) in [5, 5.41) is 7.09. The van der Waals surface area contributed by atoms with Crippen molar-refractivity contribution in [2.24, 2.45) is 5.92 Å². The molecule has 3 aromatic rings. The molecule has 2 atom stereocenters. The number of carbonyl (C=O) groups is 1. The quantitative estimate of drug-likeness (QED) is 0.526. The number of hydrogen-bond acceptors (Lipinski definition) is 5. The molecule has 0 unspecified atom stereocenters. The first-order chi connectivity index (χ1) is 16.3. The highest BCUT2D eigenvalue weighted by atomic mass is 19.1. The lowest BCUT2D eigenvalue weighted by Gasteiger charge is -2.30. The number of piperidine rings is 1. The van der Waals surface area contributed by atoms with Gasteiger partial charge in [-0.3, -0.25) is 9.78 Å². The number of nitrogens with one attached hydrogen (secondary N) is 1. The van der Waals surface area contributed by atoms with Gasteiger partial charge in [0.2, 0.25) is 0 Å². The molecule has 0 bridgehead atoms. The van der Waals surface area contributed by atoms with E-state index in [0.29, 0.717) is 29.3 Å². The summed E-state index contributed by atoms with van der Waals surface area (Å²) in [6.07, 6.45) is 8.79. The Bertz CT molecular complexity index is 1360. The number of fused-ring (bicyclic) bond motifs is 2. The Morgan fingerprint density at radius 3 is 2.79 bits per heavy atom. The molecule has 0 spiro atoms. The third-order valence-corrected chi connectivity index (χ3v) is 6.55. The lowest BCUT2D eigenvalue weighted by molar-refractivity contribution is 0.102. The van der Waals surface area contributed by atoms with Gasteiger partial charge in [-0.1, -0.05) is 12.6 Å². The number of pyridine rings is 1. The maximum absolute atomic E-state index is 14.8. The summed E-state index contributed by atoms with van der Waals surface area (Å²) < 4.78 is 29.5. The zero-order valence-electron chi connectivity index (χ0n) is 18.9. The first kappa shape index (κ1) is 21.9. The van der Waals surface area contributed by atoms with Gasteiger partial charge in [0.05, 0.1) is 17.6 Å². The van der Waals surface area contributed by atoms with Crippen molar-refractivity contribution in [1.29, 1.82) is 0 Å². The van der Waals surface area contributed by atoms with Crippen LogP contribution in [0.1, 0.15) is 35.8 Å². The van der Waals surface area contributed by atoms with Crippen molar-refractivity contribution in [2.75, 3.05) is 16.8 Å². The Morgan fingerprint density at radius 1 is 1.26 bits per heavy atom. The molecule has 3 aromatic heterocycles. The van der Waals surface area contributed by atoms with Crippen LogP contribution in [0.25, 0.3) is 5.65 Å². The Labute approximate surface area is 195 Å². The third kappa shape index (κ3) is 3.67. The van der Waals surface area contributed by atoms with E-state index in [4.69, 9.17) is 4.98 Å². The van der Waals surface area contributed by atoms with Crippen LogP contribution in [0.5, 0.6) is 0 Å². The van der Waals surface area contributed by atoms with Gasteiger partial charge in [0.1, 0.15) is 23.0 Å². The molecule has 1 N–H and O–H groups in total. The SMILES string of the molecule is C=C(/C(F)=C\C=C(/C)F)[C@@]12C[C@@H]1CCN2c1ccn2ncc(NC(=O)c3ccc(C)cn3)c2n1. The molecule has 5 rings (SSSR count). The van der Waals surface area contributed by atoms with Crippen molar-refractivity contribution < 1.29 is 13.6 Å². The Balaban J connectivity index is 1.44. The van der Waals surface area contributed by atoms with Gasteiger partial charge in [-0.2, -0.15) is 5.10 Å². The number of rotatable bonds is 6. The molecule has 34 heavy (non-hydrogen) atoms. The highest BCUT2D eigenvalue weighted by Gasteiger charge is 2.64. The predicted octanol–water partition coefficient (Wildman–Crippen LogP) is 4.94. The Morgan fingerprint density at radius 2 is 2.09 bits per heavy atom. The molecule has 174 valence electrons. The van der Waals surface area contributed by atoms with Crippen LogP contribution in [0.2, 0.25) is 0 Å². The van der Waals surface area contributed by atoms with Gasteiger partial charge in [-0.05, 0) is 62.5 Å².